The van der Waals surface area contributed by atoms with Gasteiger partial charge in [-0.15, -0.1) is 11.3 Å². The number of thiophene rings is 1. The fraction of sp³-hybridized carbons (Fsp3) is 0.261. The molecule has 0 N–H and O–H groups in total. The van der Waals surface area contributed by atoms with Crippen LogP contribution in [0, 0.1) is 13.8 Å². The maximum absolute atomic E-state index is 12.9. The quantitative estimate of drug-likeness (QED) is 0.212. The molecule has 0 saturated heterocycles. The average Bonchev–Trinajstić information content (AvgIpc) is 3.35. The number of fused-ring (bicyclic) bond motifs is 1. The highest BCUT2D eigenvalue weighted by Gasteiger charge is 2.17. The molecule has 0 aliphatic carbocycles. The van der Waals surface area contributed by atoms with E-state index >= 15 is 0 Å². The largest absolute Gasteiger partial charge is 0.497 e. The highest BCUT2D eigenvalue weighted by molar-refractivity contribution is 8.00. The van der Waals surface area contributed by atoms with Crippen LogP contribution in [0.5, 0.6) is 5.75 Å². The molecule has 0 bridgehead atoms. The zero-order valence-corrected chi connectivity index (χ0v) is 18.8. The minimum Gasteiger partial charge on any atom is -0.497 e. The lowest BCUT2D eigenvalue weighted by Crippen LogP contribution is -2.08. The third-order valence-corrected chi connectivity index (χ3v) is 7.05. The molecule has 154 valence electrons. The third-order valence-electron chi connectivity index (χ3n) is 5.22. The van der Waals surface area contributed by atoms with Crippen molar-refractivity contribution >= 4 is 39.1 Å². The topological polar surface area (TPSA) is 57.0 Å². The van der Waals surface area contributed by atoms with Gasteiger partial charge in [0.15, 0.2) is 5.78 Å². The summed E-state index contributed by atoms with van der Waals surface area (Å²) in [7, 11) is 1.67. The van der Waals surface area contributed by atoms with Crippen molar-refractivity contribution in [2.75, 3.05) is 12.9 Å². The Hall–Kier alpha value is -2.64. The standard InChI is InChI=1S/C23H23N3O2S2/c1-15-12-20(16(2)26(15)10-8-17-4-6-18(28-3)7-5-17)21(27)13-30-23-19-9-11-29-22(19)24-14-25-23/h4-7,9,11-12,14H,8,10,13H2,1-3H3. The Bertz CT molecular complexity index is 1180. The Morgan fingerprint density at radius 2 is 1.97 bits per heavy atom. The highest BCUT2D eigenvalue weighted by Crippen LogP contribution is 2.28. The minimum atomic E-state index is 0.130. The molecule has 3 heterocycles. The number of Topliss-reactive ketones (excluding diaryl/α,β-unsaturated/α-hetero) is 1. The van der Waals surface area contributed by atoms with Crippen LogP contribution < -0.4 is 4.74 Å². The Balaban J connectivity index is 1.44. The maximum Gasteiger partial charge on any atom is 0.174 e. The van der Waals surface area contributed by atoms with E-state index in [2.05, 4.69) is 33.6 Å². The van der Waals surface area contributed by atoms with Crippen LogP contribution in [0.15, 0.2) is 53.1 Å². The molecule has 30 heavy (non-hydrogen) atoms. The number of rotatable bonds is 8. The van der Waals surface area contributed by atoms with E-state index < -0.39 is 0 Å². The smallest absolute Gasteiger partial charge is 0.174 e. The molecule has 0 radical (unpaired) electrons. The lowest BCUT2D eigenvalue weighted by atomic mass is 10.1. The number of hydrogen-bond donors (Lipinski definition) is 0. The summed E-state index contributed by atoms with van der Waals surface area (Å²) >= 11 is 3.07. The number of ketones is 1. The van der Waals surface area contributed by atoms with E-state index in [9.17, 15) is 4.79 Å². The van der Waals surface area contributed by atoms with E-state index in [-0.39, 0.29) is 5.78 Å². The van der Waals surface area contributed by atoms with Gasteiger partial charge in [0.05, 0.1) is 12.9 Å². The summed E-state index contributed by atoms with van der Waals surface area (Å²) in [6.45, 7) is 4.93. The first-order valence-corrected chi connectivity index (χ1v) is 11.6. The summed E-state index contributed by atoms with van der Waals surface area (Å²) in [4.78, 5) is 22.5. The summed E-state index contributed by atoms with van der Waals surface area (Å²) in [5.74, 6) is 1.36. The number of thioether (sulfide) groups is 1. The second-order valence-electron chi connectivity index (χ2n) is 7.06. The molecular formula is C23H23N3O2S2. The fourth-order valence-electron chi connectivity index (χ4n) is 3.55. The predicted octanol–water partition coefficient (Wildman–Crippen LogP) is 5.34. The number of carbonyl (C=O) groups excluding carboxylic acids is 1. The zero-order chi connectivity index (χ0) is 21.1. The number of nitrogens with zero attached hydrogens (tertiary/aromatic N) is 3. The van der Waals surface area contributed by atoms with Crippen molar-refractivity contribution in [2.24, 2.45) is 0 Å². The van der Waals surface area contributed by atoms with E-state index in [1.54, 1.807) is 24.8 Å². The molecule has 3 aromatic heterocycles. The highest BCUT2D eigenvalue weighted by atomic mass is 32.2. The van der Waals surface area contributed by atoms with Crippen molar-refractivity contribution in [1.82, 2.24) is 14.5 Å². The first kappa shape index (κ1) is 20.6. The van der Waals surface area contributed by atoms with Crippen LogP contribution in [0.1, 0.15) is 27.3 Å². The summed E-state index contributed by atoms with van der Waals surface area (Å²) in [5.41, 5.74) is 4.17. The van der Waals surface area contributed by atoms with Gasteiger partial charge in [0.25, 0.3) is 0 Å². The van der Waals surface area contributed by atoms with Crippen LogP contribution >= 0.6 is 23.1 Å². The molecule has 4 rings (SSSR count). The van der Waals surface area contributed by atoms with Gasteiger partial charge in [-0.25, -0.2) is 9.97 Å². The molecular weight excluding hydrogens is 414 g/mol. The maximum atomic E-state index is 12.9. The number of carbonyl (C=O) groups is 1. The number of benzene rings is 1. The summed E-state index contributed by atoms with van der Waals surface area (Å²) in [5, 5.41) is 3.88. The second-order valence-corrected chi connectivity index (χ2v) is 8.92. The SMILES string of the molecule is COc1ccc(CCn2c(C)cc(C(=O)CSc3ncnc4sccc34)c2C)cc1. The van der Waals surface area contributed by atoms with Gasteiger partial charge in [-0.05, 0) is 55.5 Å². The van der Waals surface area contributed by atoms with Crippen LogP contribution in [0.2, 0.25) is 0 Å². The number of aryl methyl sites for hydroxylation is 2. The van der Waals surface area contributed by atoms with Gasteiger partial charge in [0.1, 0.15) is 21.9 Å². The Kier molecular flexibility index (Phi) is 6.20. The van der Waals surface area contributed by atoms with Gasteiger partial charge in [-0.3, -0.25) is 4.79 Å². The van der Waals surface area contributed by atoms with Crippen LogP contribution in [0.4, 0.5) is 0 Å². The van der Waals surface area contributed by atoms with Gasteiger partial charge in [0.2, 0.25) is 0 Å². The Morgan fingerprint density at radius 1 is 1.17 bits per heavy atom. The molecule has 0 aliphatic rings. The van der Waals surface area contributed by atoms with Gasteiger partial charge in [-0.1, -0.05) is 23.9 Å². The van der Waals surface area contributed by atoms with Crippen molar-refractivity contribution in [3.05, 3.63) is 70.6 Å². The summed E-state index contributed by atoms with van der Waals surface area (Å²) < 4.78 is 7.45. The molecule has 0 spiro atoms. The number of hydrogen-bond acceptors (Lipinski definition) is 6. The van der Waals surface area contributed by atoms with Gasteiger partial charge >= 0.3 is 0 Å². The van der Waals surface area contributed by atoms with Crippen LogP contribution in [-0.4, -0.2) is 33.2 Å². The summed E-state index contributed by atoms with van der Waals surface area (Å²) in [6, 6.07) is 12.2. The molecule has 0 aliphatic heterocycles. The van der Waals surface area contributed by atoms with Crippen molar-refractivity contribution in [2.45, 2.75) is 31.8 Å². The molecule has 0 atom stereocenters. The van der Waals surface area contributed by atoms with Gasteiger partial charge in [-0.2, -0.15) is 0 Å². The third kappa shape index (κ3) is 4.27. The van der Waals surface area contributed by atoms with Crippen molar-refractivity contribution in [3.63, 3.8) is 0 Å². The first-order chi connectivity index (χ1) is 14.6. The summed E-state index contributed by atoms with van der Waals surface area (Å²) in [6.07, 6.45) is 2.47. The van der Waals surface area contributed by atoms with Crippen molar-refractivity contribution in [3.8, 4) is 5.75 Å². The molecule has 0 unspecified atom stereocenters. The van der Waals surface area contributed by atoms with Crippen LogP contribution in [0.25, 0.3) is 10.2 Å². The molecule has 0 amide bonds. The average molecular weight is 438 g/mol. The monoisotopic (exact) mass is 437 g/mol. The molecule has 5 nitrogen and oxygen atoms in total. The van der Waals surface area contributed by atoms with E-state index in [4.69, 9.17) is 4.74 Å². The van der Waals surface area contributed by atoms with Gasteiger partial charge < -0.3 is 9.30 Å². The lowest BCUT2D eigenvalue weighted by molar-refractivity contribution is 0.102. The second kappa shape index (κ2) is 9.02. The van der Waals surface area contributed by atoms with E-state index in [0.29, 0.717) is 5.75 Å². The normalized spacial score (nSPS) is 11.2. The molecule has 7 heteroatoms. The van der Waals surface area contributed by atoms with Gasteiger partial charge in [0, 0.05) is 28.9 Å². The molecule has 0 saturated carbocycles. The van der Waals surface area contributed by atoms with E-state index in [1.807, 2.05) is 36.6 Å². The van der Waals surface area contributed by atoms with Crippen LogP contribution in [-0.2, 0) is 13.0 Å². The number of ether oxygens (including phenoxy) is 1. The zero-order valence-electron chi connectivity index (χ0n) is 17.2. The predicted molar refractivity (Wildman–Crippen MR) is 123 cm³/mol. The minimum absolute atomic E-state index is 0.130. The van der Waals surface area contributed by atoms with Crippen molar-refractivity contribution < 1.29 is 9.53 Å². The Labute approximate surface area is 184 Å². The lowest BCUT2D eigenvalue weighted by Gasteiger charge is -2.10. The molecule has 0 fully saturated rings. The van der Waals surface area contributed by atoms with E-state index in [1.165, 1.54) is 17.3 Å². The molecule has 4 aromatic rings. The van der Waals surface area contributed by atoms with Crippen LogP contribution in [0.3, 0.4) is 0 Å². The first-order valence-electron chi connectivity index (χ1n) is 9.70. The number of aromatic nitrogens is 3. The molecule has 1 aromatic carbocycles. The Morgan fingerprint density at radius 3 is 2.73 bits per heavy atom. The fourth-order valence-corrected chi connectivity index (χ4v) is 5.22. The van der Waals surface area contributed by atoms with E-state index in [0.717, 1.165) is 50.9 Å². The number of methoxy groups -OCH3 is 1. The van der Waals surface area contributed by atoms with Crippen molar-refractivity contribution in [1.29, 1.82) is 0 Å².